The van der Waals surface area contributed by atoms with Gasteiger partial charge < -0.3 is 14.2 Å². The van der Waals surface area contributed by atoms with E-state index in [0.29, 0.717) is 35.7 Å². The van der Waals surface area contributed by atoms with Gasteiger partial charge in [-0.2, -0.15) is 0 Å². The van der Waals surface area contributed by atoms with E-state index in [-0.39, 0.29) is 29.2 Å². The van der Waals surface area contributed by atoms with E-state index in [4.69, 9.17) is 14.2 Å². The van der Waals surface area contributed by atoms with Crippen LogP contribution in [0.15, 0.2) is 0 Å². The predicted octanol–water partition coefficient (Wildman–Crippen LogP) is 2.07. The maximum absolute atomic E-state index is 13.7. The van der Waals surface area contributed by atoms with Crippen LogP contribution in [-0.4, -0.2) is 31.6 Å². The molecule has 0 amide bonds. The van der Waals surface area contributed by atoms with Gasteiger partial charge in [0.15, 0.2) is 6.29 Å². The van der Waals surface area contributed by atoms with Crippen molar-refractivity contribution in [1.82, 2.24) is 0 Å². The summed E-state index contributed by atoms with van der Waals surface area (Å²) in [5, 5.41) is 0. The molecule has 8 aliphatic carbocycles. The van der Waals surface area contributed by atoms with Crippen molar-refractivity contribution >= 4 is 5.97 Å². The van der Waals surface area contributed by atoms with E-state index < -0.39 is 0 Å². The average Bonchev–Trinajstić information content (AvgIpc) is 3.38. The molecular formula is C21H24O4. The summed E-state index contributed by atoms with van der Waals surface area (Å²) in [7, 11) is 1.83. The summed E-state index contributed by atoms with van der Waals surface area (Å²) in [6.45, 7) is 0. The van der Waals surface area contributed by atoms with Gasteiger partial charge in [0.25, 0.3) is 0 Å². The highest BCUT2D eigenvalue weighted by molar-refractivity contribution is 5.85. The fourth-order valence-electron chi connectivity index (χ4n) is 12.5. The molecule has 10 aliphatic rings. The van der Waals surface area contributed by atoms with Gasteiger partial charge in [-0.05, 0) is 78.9 Å². The Morgan fingerprint density at radius 2 is 1.60 bits per heavy atom. The molecule has 2 aliphatic heterocycles. The van der Waals surface area contributed by atoms with Crippen LogP contribution in [0, 0.1) is 70.0 Å². The lowest BCUT2D eigenvalue weighted by molar-refractivity contribution is -0.341. The monoisotopic (exact) mass is 340 g/mol. The number of rotatable bonds is 1. The highest BCUT2D eigenvalue weighted by atomic mass is 16.7. The third kappa shape index (κ3) is 0.790. The summed E-state index contributed by atoms with van der Waals surface area (Å²) in [4.78, 5) is 13.7. The molecule has 10 rings (SSSR count). The van der Waals surface area contributed by atoms with Crippen LogP contribution in [0.5, 0.6) is 0 Å². The van der Waals surface area contributed by atoms with Crippen molar-refractivity contribution in [3.8, 4) is 0 Å². The number of carbonyl (C=O) groups is 1. The topological polar surface area (TPSA) is 44.8 Å². The van der Waals surface area contributed by atoms with Crippen molar-refractivity contribution in [2.75, 3.05) is 7.11 Å². The van der Waals surface area contributed by atoms with Gasteiger partial charge in [0.05, 0.1) is 11.5 Å². The first-order valence-corrected chi connectivity index (χ1v) is 10.7. The molecule has 25 heavy (non-hydrogen) atoms. The summed E-state index contributed by atoms with van der Waals surface area (Å²) in [5.74, 6) is 7.33. The first kappa shape index (κ1) is 12.7. The molecule has 10 fully saturated rings. The predicted molar refractivity (Wildman–Crippen MR) is 83.8 cm³/mol. The number of esters is 1. The number of hydrogen-bond donors (Lipinski definition) is 0. The molecule has 8 saturated carbocycles. The summed E-state index contributed by atoms with van der Waals surface area (Å²) < 4.78 is 19.0. The second kappa shape index (κ2) is 3.22. The van der Waals surface area contributed by atoms with Gasteiger partial charge in [0.1, 0.15) is 6.10 Å². The Bertz CT molecular complexity index is 762. The zero-order chi connectivity index (χ0) is 16.0. The van der Waals surface area contributed by atoms with E-state index in [9.17, 15) is 4.79 Å². The molecule has 2 saturated heterocycles. The van der Waals surface area contributed by atoms with Crippen molar-refractivity contribution < 1.29 is 19.0 Å². The first-order chi connectivity index (χ1) is 12.3. The maximum atomic E-state index is 13.7. The summed E-state index contributed by atoms with van der Waals surface area (Å²) >= 11 is 0. The molecule has 0 aromatic heterocycles. The number of methoxy groups -OCH3 is 1. The van der Waals surface area contributed by atoms with Crippen LogP contribution in [0.4, 0.5) is 0 Å². The number of hydrogen-bond acceptors (Lipinski definition) is 4. The largest absolute Gasteiger partial charge is 0.462 e. The molecule has 8 bridgehead atoms. The molecule has 0 N–H and O–H groups in total. The van der Waals surface area contributed by atoms with Gasteiger partial charge in [0, 0.05) is 18.4 Å². The molecule has 2 heterocycles. The molecule has 0 aromatic rings. The van der Waals surface area contributed by atoms with Crippen molar-refractivity contribution in [2.24, 2.45) is 70.0 Å². The van der Waals surface area contributed by atoms with Gasteiger partial charge in [-0.1, -0.05) is 0 Å². The van der Waals surface area contributed by atoms with E-state index in [2.05, 4.69) is 0 Å². The van der Waals surface area contributed by atoms with Crippen molar-refractivity contribution in [2.45, 2.75) is 44.2 Å². The lowest BCUT2D eigenvalue weighted by atomic mass is 9.42. The minimum Gasteiger partial charge on any atom is -0.462 e. The van der Waals surface area contributed by atoms with Crippen molar-refractivity contribution in [3.63, 3.8) is 0 Å². The summed E-state index contributed by atoms with van der Waals surface area (Å²) in [5.41, 5.74) is -0.251. The zero-order valence-corrected chi connectivity index (χ0v) is 14.5. The Morgan fingerprint density at radius 1 is 0.880 bits per heavy atom. The lowest BCUT2D eigenvalue weighted by Crippen LogP contribution is -2.72. The fraction of sp³-hybridized carbons (Fsp3) is 0.952. The molecule has 15 atom stereocenters. The first-order valence-electron chi connectivity index (χ1n) is 10.7. The van der Waals surface area contributed by atoms with Crippen LogP contribution < -0.4 is 0 Å². The standard InChI is InChI=1S/C21H24O4/c1-23-19-21-15-7-2-4-8-10(7)16-13(15)12-14(20(16,21)18(22)24-8)6-3-5-9(25-19)11(6)17(12)21/h6-17,19H,2-5H2,1H3/t6-,7+,8+,9-,10+,11+,12+,13-,14+,15-,16-,17+,19+,20+,21+/m1/s1. The molecule has 0 aromatic carbocycles. The van der Waals surface area contributed by atoms with Gasteiger partial charge in [-0.25, -0.2) is 0 Å². The number of ether oxygens (including phenoxy) is 3. The quantitative estimate of drug-likeness (QED) is 0.686. The molecular weight excluding hydrogens is 316 g/mol. The van der Waals surface area contributed by atoms with Crippen LogP contribution >= 0.6 is 0 Å². The Morgan fingerprint density at radius 3 is 2.44 bits per heavy atom. The Hall–Kier alpha value is -0.610. The van der Waals surface area contributed by atoms with Crippen molar-refractivity contribution in [3.05, 3.63) is 0 Å². The molecule has 132 valence electrons. The van der Waals surface area contributed by atoms with Crippen LogP contribution in [0.1, 0.15) is 25.7 Å². The normalized spacial score (nSPS) is 79.1. The van der Waals surface area contributed by atoms with Gasteiger partial charge >= 0.3 is 5.97 Å². The third-order valence-electron chi connectivity index (χ3n) is 11.6. The summed E-state index contributed by atoms with van der Waals surface area (Å²) in [6, 6.07) is 0. The van der Waals surface area contributed by atoms with Gasteiger partial charge in [-0.15, -0.1) is 0 Å². The van der Waals surface area contributed by atoms with E-state index in [1.54, 1.807) is 0 Å². The maximum Gasteiger partial charge on any atom is 0.313 e. The van der Waals surface area contributed by atoms with Gasteiger partial charge in [-0.3, -0.25) is 4.79 Å². The summed E-state index contributed by atoms with van der Waals surface area (Å²) in [6.07, 6.45) is 5.34. The second-order valence-corrected chi connectivity index (χ2v) is 10.9. The Balaban J connectivity index is 1.42. The van der Waals surface area contributed by atoms with Gasteiger partial charge in [0.2, 0.25) is 0 Å². The second-order valence-electron chi connectivity index (χ2n) is 10.9. The highest BCUT2D eigenvalue weighted by Gasteiger charge is 3.02. The Labute approximate surface area is 146 Å². The Kier molecular flexibility index (Phi) is 1.64. The van der Waals surface area contributed by atoms with Crippen LogP contribution in [0.25, 0.3) is 0 Å². The van der Waals surface area contributed by atoms with Crippen LogP contribution in [0.2, 0.25) is 0 Å². The van der Waals surface area contributed by atoms with E-state index >= 15 is 0 Å². The van der Waals surface area contributed by atoms with Crippen molar-refractivity contribution in [1.29, 1.82) is 0 Å². The lowest BCUT2D eigenvalue weighted by Gasteiger charge is -2.65. The fourth-order valence-corrected chi connectivity index (χ4v) is 12.5. The molecule has 0 radical (unpaired) electrons. The third-order valence-corrected chi connectivity index (χ3v) is 11.6. The molecule has 0 unspecified atom stereocenters. The van der Waals surface area contributed by atoms with E-state index in [1.807, 2.05) is 7.11 Å². The SMILES string of the molecule is CO[C@H]1O[C@@H]2CC[C@@H]3[C@@H]2[C@H]2[C@H]4[C@H]5[C@H]6[C@H]7[C@@H]8CC[C@@H]7OC(=O)[C@@]6([C@@H]34)[C@]12[C@H]85. The van der Waals surface area contributed by atoms with Crippen LogP contribution in [-0.2, 0) is 19.0 Å². The molecule has 4 heteroatoms. The number of carbonyl (C=O) groups excluding carboxylic acids is 1. The van der Waals surface area contributed by atoms with Crippen LogP contribution in [0.3, 0.4) is 0 Å². The highest BCUT2D eigenvalue weighted by Crippen LogP contribution is 2.99. The minimum absolute atomic E-state index is 0.0258. The zero-order valence-electron chi connectivity index (χ0n) is 14.5. The smallest absolute Gasteiger partial charge is 0.313 e. The minimum atomic E-state index is -0.225. The van der Waals surface area contributed by atoms with E-state index in [1.165, 1.54) is 19.3 Å². The molecule has 2 spiro atoms. The molecule has 4 nitrogen and oxygen atoms in total. The van der Waals surface area contributed by atoms with E-state index in [0.717, 1.165) is 36.0 Å². The average molecular weight is 340 g/mol.